The van der Waals surface area contributed by atoms with E-state index in [9.17, 15) is 14.3 Å². The van der Waals surface area contributed by atoms with E-state index in [1.54, 1.807) is 25.2 Å². The van der Waals surface area contributed by atoms with Gasteiger partial charge in [-0.2, -0.15) is 0 Å². The molecule has 0 unspecified atom stereocenters. The predicted molar refractivity (Wildman–Crippen MR) is 93.4 cm³/mol. The average molecular weight is 360 g/mol. The van der Waals surface area contributed by atoms with E-state index in [-0.39, 0.29) is 24.4 Å². The number of amides is 2. The average Bonchev–Trinajstić information content (AvgIpc) is 2.61. The monoisotopic (exact) mass is 360 g/mol. The van der Waals surface area contributed by atoms with E-state index < -0.39 is 0 Å². The molecule has 0 atom stereocenters. The normalized spacial score (nSPS) is 12.8. The van der Waals surface area contributed by atoms with Crippen LogP contribution in [0.25, 0.3) is 0 Å². The van der Waals surface area contributed by atoms with Crippen LogP contribution in [-0.2, 0) is 24.3 Å². The van der Waals surface area contributed by atoms with Gasteiger partial charge in [-0.3, -0.25) is 0 Å². The van der Waals surface area contributed by atoms with Gasteiger partial charge < -0.3 is 24.8 Å². The Morgan fingerprint density at radius 2 is 2.19 bits per heavy atom. The van der Waals surface area contributed by atoms with E-state index in [1.165, 1.54) is 17.0 Å². The second kappa shape index (κ2) is 8.05. The topological polar surface area (TPSA) is 71.0 Å². The molecule has 1 aliphatic heterocycles. The Morgan fingerprint density at radius 1 is 1.35 bits per heavy atom. The van der Waals surface area contributed by atoms with Crippen LogP contribution in [0.1, 0.15) is 16.7 Å². The van der Waals surface area contributed by atoms with Crippen LogP contribution in [0.5, 0.6) is 11.5 Å². The largest absolute Gasteiger partial charge is 0.508 e. The van der Waals surface area contributed by atoms with Crippen LogP contribution in [-0.4, -0.2) is 36.4 Å². The Hall–Kier alpha value is -2.80. The highest BCUT2D eigenvalue weighted by Crippen LogP contribution is 2.29. The van der Waals surface area contributed by atoms with Crippen LogP contribution in [0.4, 0.5) is 9.18 Å². The molecule has 1 aliphatic rings. The predicted octanol–water partition coefficient (Wildman–Crippen LogP) is 2.78. The number of rotatable bonds is 5. The van der Waals surface area contributed by atoms with Crippen LogP contribution in [0.15, 0.2) is 36.4 Å². The summed E-state index contributed by atoms with van der Waals surface area (Å²) in [6.07, 6.45) is 0.450. The number of carbonyl (C=O) groups is 1. The number of carbonyl (C=O) groups excluding carboxylic acids is 1. The molecule has 0 aliphatic carbocycles. The van der Waals surface area contributed by atoms with Crippen LogP contribution < -0.4 is 10.1 Å². The molecule has 1 heterocycles. The lowest BCUT2D eigenvalue weighted by Gasteiger charge is -2.21. The fraction of sp³-hybridized carbons (Fsp3) is 0.316. The first-order valence-electron chi connectivity index (χ1n) is 8.31. The van der Waals surface area contributed by atoms with Crippen LogP contribution >= 0.6 is 0 Å². The number of phenols is 1. The third-order valence-electron chi connectivity index (χ3n) is 4.10. The minimum Gasteiger partial charge on any atom is -0.508 e. The van der Waals surface area contributed by atoms with Crippen LogP contribution in [0.3, 0.4) is 0 Å². The third-order valence-corrected chi connectivity index (χ3v) is 4.10. The number of aromatic hydroxyl groups is 1. The summed E-state index contributed by atoms with van der Waals surface area (Å²) in [5.41, 5.74) is 2.22. The highest BCUT2D eigenvalue weighted by atomic mass is 19.1. The standard InChI is InChI=1S/C19H21FN2O4/c1-22(10-13-3-2-4-17(23)7-13)19(24)21-6-5-14-8-16(20)9-15-11-25-12-26-18(14)15/h2-4,7-9,23H,5-6,10-12H2,1H3,(H,21,24). The van der Waals surface area contributed by atoms with E-state index in [4.69, 9.17) is 9.47 Å². The molecule has 0 saturated heterocycles. The molecule has 0 bridgehead atoms. The molecule has 2 aromatic carbocycles. The summed E-state index contributed by atoms with van der Waals surface area (Å²) in [6.45, 7) is 1.18. The van der Waals surface area contributed by atoms with Crippen molar-refractivity contribution in [3.8, 4) is 11.5 Å². The second-order valence-corrected chi connectivity index (χ2v) is 6.17. The van der Waals surface area contributed by atoms with Gasteiger partial charge in [0, 0.05) is 25.7 Å². The van der Waals surface area contributed by atoms with Gasteiger partial charge >= 0.3 is 6.03 Å². The minimum absolute atomic E-state index is 0.144. The summed E-state index contributed by atoms with van der Waals surface area (Å²) < 4.78 is 24.3. The summed E-state index contributed by atoms with van der Waals surface area (Å²) in [4.78, 5) is 13.7. The van der Waals surface area contributed by atoms with Crippen molar-refractivity contribution >= 4 is 6.03 Å². The Balaban J connectivity index is 1.54. The molecule has 2 amide bonds. The minimum atomic E-state index is -0.347. The first-order valence-corrected chi connectivity index (χ1v) is 8.31. The van der Waals surface area contributed by atoms with Gasteiger partial charge in [0.05, 0.1) is 6.61 Å². The molecule has 0 spiro atoms. The summed E-state index contributed by atoms with van der Waals surface area (Å²) in [7, 11) is 1.67. The molecule has 0 saturated carbocycles. The summed E-state index contributed by atoms with van der Waals surface area (Å²) in [5, 5.41) is 12.3. The molecule has 6 nitrogen and oxygen atoms in total. The highest BCUT2D eigenvalue weighted by molar-refractivity contribution is 5.73. The highest BCUT2D eigenvalue weighted by Gasteiger charge is 2.17. The number of ether oxygens (including phenoxy) is 2. The van der Waals surface area contributed by atoms with Gasteiger partial charge in [0.1, 0.15) is 17.3 Å². The summed E-state index contributed by atoms with van der Waals surface area (Å²) in [5.74, 6) is 0.455. The van der Waals surface area contributed by atoms with Crippen molar-refractivity contribution in [2.45, 2.75) is 19.6 Å². The molecular formula is C19H21FN2O4. The summed E-state index contributed by atoms with van der Waals surface area (Å²) >= 11 is 0. The van der Waals surface area contributed by atoms with Gasteiger partial charge in [-0.15, -0.1) is 0 Å². The maximum atomic E-state index is 13.7. The van der Waals surface area contributed by atoms with Gasteiger partial charge in [0.25, 0.3) is 0 Å². The smallest absolute Gasteiger partial charge is 0.317 e. The first-order chi connectivity index (χ1) is 12.5. The Bertz CT molecular complexity index is 797. The number of hydrogen-bond acceptors (Lipinski definition) is 4. The maximum absolute atomic E-state index is 13.7. The zero-order valence-corrected chi connectivity index (χ0v) is 14.5. The number of halogens is 1. The molecule has 0 aromatic heterocycles. The number of nitrogens with one attached hydrogen (secondary N) is 1. The molecule has 138 valence electrons. The molecule has 7 heteroatoms. The van der Waals surface area contributed by atoms with E-state index in [1.807, 2.05) is 6.07 Å². The molecule has 26 heavy (non-hydrogen) atoms. The van der Waals surface area contributed by atoms with E-state index in [0.717, 1.165) is 5.56 Å². The van der Waals surface area contributed by atoms with Crippen molar-refractivity contribution in [1.29, 1.82) is 0 Å². The molecule has 0 radical (unpaired) electrons. The van der Waals surface area contributed by atoms with Crippen LogP contribution in [0.2, 0.25) is 0 Å². The number of hydrogen-bond donors (Lipinski definition) is 2. The second-order valence-electron chi connectivity index (χ2n) is 6.17. The van der Waals surface area contributed by atoms with Gasteiger partial charge in [0.15, 0.2) is 6.79 Å². The number of fused-ring (bicyclic) bond motifs is 1. The number of benzene rings is 2. The lowest BCUT2D eigenvalue weighted by atomic mass is 10.1. The van der Waals surface area contributed by atoms with Gasteiger partial charge in [-0.1, -0.05) is 12.1 Å². The molecule has 2 aromatic rings. The van der Waals surface area contributed by atoms with Crippen molar-refractivity contribution in [3.63, 3.8) is 0 Å². The van der Waals surface area contributed by atoms with E-state index in [0.29, 0.717) is 43.0 Å². The van der Waals surface area contributed by atoms with Crippen molar-refractivity contribution in [3.05, 3.63) is 58.9 Å². The lowest BCUT2D eigenvalue weighted by molar-refractivity contribution is -0.0172. The first kappa shape index (κ1) is 18.0. The lowest BCUT2D eigenvalue weighted by Crippen LogP contribution is -2.37. The molecular weight excluding hydrogens is 339 g/mol. The zero-order chi connectivity index (χ0) is 18.5. The third kappa shape index (κ3) is 4.43. The maximum Gasteiger partial charge on any atom is 0.317 e. The van der Waals surface area contributed by atoms with Crippen molar-refractivity contribution in [1.82, 2.24) is 10.2 Å². The fourth-order valence-electron chi connectivity index (χ4n) is 2.88. The van der Waals surface area contributed by atoms with Gasteiger partial charge in [-0.05, 0) is 41.8 Å². The van der Waals surface area contributed by atoms with Crippen molar-refractivity contribution in [2.75, 3.05) is 20.4 Å². The number of urea groups is 1. The quantitative estimate of drug-likeness (QED) is 0.860. The molecule has 3 rings (SSSR count). The Labute approximate surface area is 151 Å². The number of phenolic OH excluding ortho intramolecular Hbond substituents is 1. The zero-order valence-electron chi connectivity index (χ0n) is 14.5. The Morgan fingerprint density at radius 3 is 3.00 bits per heavy atom. The van der Waals surface area contributed by atoms with Crippen LogP contribution in [0, 0.1) is 5.82 Å². The molecule has 2 N–H and O–H groups in total. The number of nitrogens with zero attached hydrogens (tertiary/aromatic N) is 1. The van der Waals surface area contributed by atoms with Gasteiger partial charge in [-0.25, -0.2) is 9.18 Å². The van der Waals surface area contributed by atoms with Crippen molar-refractivity contribution < 1.29 is 23.8 Å². The molecule has 0 fully saturated rings. The SMILES string of the molecule is CN(Cc1cccc(O)c1)C(=O)NCCc1cc(F)cc2c1OCOC2. The fourth-order valence-corrected chi connectivity index (χ4v) is 2.88. The van der Waals surface area contributed by atoms with E-state index in [2.05, 4.69) is 5.32 Å². The van der Waals surface area contributed by atoms with Crippen molar-refractivity contribution in [2.24, 2.45) is 0 Å². The van der Waals surface area contributed by atoms with E-state index >= 15 is 0 Å². The Kier molecular flexibility index (Phi) is 5.58. The van der Waals surface area contributed by atoms with Gasteiger partial charge in [0.2, 0.25) is 0 Å². The summed E-state index contributed by atoms with van der Waals surface area (Å²) in [6, 6.07) is 9.34.